The summed E-state index contributed by atoms with van der Waals surface area (Å²) in [7, 11) is 1.57. The number of fused-ring (bicyclic) bond motifs is 1. The molecule has 0 amide bonds. The molecule has 1 aromatic heterocycles. The summed E-state index contributed by atoms with van der Waals surface area (Å²) in [5.41, 5.74) is 2.36. The topological polar surface area (TPSA) is 68.4 Å². The number of carbonyl (C=O) groups excluding carboxylic acids is 2. The minimum Gasteiger partial charge on any atom is -0.497 e. The molecule has 0 unspecified atom stereocenters. The molecule has 0 atom stereocenters. The van der Waals surface area contributed by atoms with Crippen LogP contribution in [0.5, 0.6) is 11.5 Å². The first-order valence-electron chi connectivity index (χ1n) is 6.21. The summed E-state index contributed by atoms with van der Waals surface area (Å²) in [4.78, 5) is 26.6. The average Bonchev–Trinajstić information content (AvgIpc) is 2.96. The first kappa shape index (κ1) is 12.5. The lowest BCUT2D eigenvalue weighted by Crippen LogP contribution is -2.07. The molecule has 1 aromatic carbocycles. The molecule has 20 heavy (non-hydrogen) atoms. The first-order valence-corrected chi connectivity index (χ1v) is 6.21. The zero-order valence-corrected chi connectivity index (χ0v) is 11.1. The molecule has 0 bridgehead atoms. The minimum atomic E-state index is -0.294. The lowest BCUT2D eigenvalue weighted by molar-refractivity contribution is -0.131. The van der Waals surface area contributed by atoms with Gasteiger partial charge in [-0.15, -0.1) is 0 Å². The molecule has 1 N–H and O–H groups in total. The number of aromatic amines is 1. The Morgan fingerprint density at radius 1 is 1.30 bits per heavy atom. The third-order valence-corrected chi connectivity index (χ3v) is 3.38. The highest BCUT2D eigenvalue weighted by atomic mass is 16.5. The van der Waals surface area contributed by atoms with Crippen LogP contribution in [0.15, 0.2) is 24.3 Å². The van der Waals surface area contributed by atoms with Crippen molar-refractivity contribution in [3.63, 3.8) is 0 Å². The number of benzene rings is 1. The number of hydrogen-bond acceptors (Lipinski definition) is 4. The van der Waals surface area contributed by atoms with Gasteiger partial charge in [0.1, 0.15) is 5.75 Å². The van der Waals surface area contributed by atoms with E-state index in [1.807, 2.05) is 0 Å². The second-order valence-electron chi connectivity index (χ2n) is 4.64. The Bertz CT molecular complexity index is 697. The molecule has 1 aliphatic rings. The lowest BCUT2D eigenvalue weighted by Gasteiger charge is -2.03. The quantitative estimate of drug-likeness (QED) is 0.685. The van der Waals surface area contributed by atoms with Crippen LogP contribution in [0.1, 0.15) is 27.3 Å². The second-order valence-corrected chi connectivity index (χ2v) is 4.64. The van der Waals surface area contributed by atoms with Crippen LogP contribution >= 0.6 is 0 Å². The molecular formula is C15H13NO4. The SMILES string of the molecule is COc1ccc(C(=O)c2[nH]c3c(c2C)OC(=O)C3)cc1. The van der Waals surface area contributed by atoms with E-state index in [0.717, 1.165) is 0 Å². The molecule has 2 heterocycles. The Morgan fingerprint density at radius 3 is 2.60 bits per heavy atom. The summed E-state index contributed by atoms with van der Waals surface area (Å²) >= 11 is 0. The first-order chi connectivity index (χ1) is 9.60. The molecule has 2 aromatic rings. The zero-order chi connectivity index (χ0) is 14.3. The fourth-order valence-electron chi connectivity index (χ4n) is 2.31. The summed E-state index contributed by atoms with van der Waals surface area (Å²) in [6, 6.07) is 6.88. The predicted octanol–water partition coefficient (Wildman–Crippen LogP) is 2.02. The van der Waals surface area contributed by atoms with E-state index in [1.165, 1.54) is 0 Å². The van der Waals surface area contributed by atoms with Gasteiger partial charge in [0, 0.05) is 11.1 Å². The molecule has 5 nitrogen and oxygen atoms in total. The molecule has 0 saturated heterocycles. The van der Waals surface area contributed by atoms with Crippen LogP contribution in [0.25, 0.3) is 0 Å². The van der Waals surface area contributed by atoms with E-state index in [0.29, 0.717) is 34.0 Å². The van der Waals surface area contributed by atoms with Gasteiger partial charge in [-0.1, -0.05) is 0 Å². The molecule has 0 fully saturated rings. The van der Waals surface area contributed by atoms with Crippen molar-refractivity contribution in [3.05, 3.63) is 46.8 Å². The number of nitrogens with one attached hydrogen (secondary N) is 1. The van der Waals surface area contributed by atoms with E-state index in [9.17, 15) is 9.59 Å². The summed E-state index contributed by atoms with van der Waals surface area (Å²) in [5, 5.41) is 0. The fourth-order valence-corrected chi connectivity index (χ4v) is 2.31. The van der Waals surface area contributed by atoms with Crippen molar-refractivity contribution >= 4 is 11.8 Å². The molecule has 0 saturated carbocycles. The minimum absolute atomic E-state index is 0.129. The van der Waals surface area contributed by atoms with Gasteiger partial charge in [-0.2, -0.15) is 0 Å². The third kappa shape index (κ3) is 1.87. The zero-order valence-electron chi connectivity index (χ0n) is 11.1. The number of methoxy groups -OCH3 is 1. The number of ketones is 1. The second kappa shape index (κ2) is 4.52. The number of rotatable bonds is 3. The Balaban J connectivity index is 1.95. The number of ether oxygens (including phenoxy) is 2. The maximum atomic E-state index is 12.4. The van der Waals surface area contributed by atoms with E-state index < -0.39 is 0 Å². The Morgan fingerprint density at radius 2 is 2.00 bits per heavy atom. The highest BCUT2D eigenvalue weighted by Gasteiger charge is 2.29. The predicted molar refractivity (Wildman–Crippen MR) is 71.3 cm³/mol. The standard InChI is InChI=1S/C15H13NO4/c1-8-13(16-11-7-12(17)20-15(8)11)14(18)9-3-5-10(19-2)6-4-9/h3-6,16H,7H2,1-2H3. The van der Waals surface area contributed by atoms with Crippen molar-refractivity contribution in [2.45, 2.75) is 13.3 Å². The van der Waals surface area contributed by atoms with Gasteiger partial charge in [0.05, 0.1) is 24.9 Å². The van der Waals surface area contributed by atoms with E-state index >= 15 is 0 Å². The number of H-pyrrole nitrogens is 1. The van der Waals surface area contributed by atoms with Crippen molar-refractivity contribution in [1.82, 2.24) is 4.98 Å². The van der Waals surface area contributed by atoms with Crippen LogP contribution in [0.4, 0.5) is 0 Å². The summed E-state index contributed by atoms with van der Waals surface area (Å²) in [5.74, 6) is 0.765. The normalized spacial score (nSPS) is 13.0. The summed E-state index contributed by atoms with van der Waals surface area (Å²) in [6.07, 6.45) is 0.187. The Hall–Kier alpha value is -2.56. The third-order valence-electron chi connectivity index (χ3n) is 3.38. The van der Waals surface area contributed by atoms with Gasteiger partial charge in [-0.05, 0) is 31.2 Å². The number of esters is 1. The number of carbonyl (C=O) groups is 2. The Kier molecular flexibility index (Phi) is 2.82. The van der Waals surface area contributed by atoms with Crippen molar-refractivity contribution in [2.24, 2.45) is 0 Å². The van der Waals surface area contributed by atoms with Gasteiger partial charge in [0.2, 0.25) is 5.78 Å². The molecule has 0 aliphatic carbocycles. The fraction of sp³-hybridized carbons (Fsp3) is 0.200. The Labute approximate surface area is 115 Å². The van der Waals surface area contributed by atoms with Crippen LogP contribution in [-0.2, 0) is 11.2 Å². The maximum Gasteiger partial charge on any atom is 0.317 e. The van der Waals surface area contributed by atoms with E-state index in [2.05, 4.69) is 4.98 Å². The molecule has 0 spiro atoms. The van der Waals surface area contributed by atoms with Gasteiger partial charge < -0.3 is 14.5 Å². The van der Waals surface area contributed by atoms with E-state index in [1.54, 1.807) is 38.3 Å². The van der Waals surface area contributed by atoms with E-state index in [-0.39, 0.29) is 18.2 Å². The van der Waals surface area contributed by atoms with Crippen molar-refractivity contribution in [1.29, 1.82) is 0 Å². The van der Waals surface area contributed by atoms with Gasteiger partial charge in [0.25, 0.3) is 0 Å². The van der Waals surface area contributed by atoms with Crippen LogP contribution in [-0.4, -0.2) is 23.8 Å². The number of aromatic nitrogens is 1. The highest BCUT2D eigenvalue weighted by Crippen LogP contribution is 2.33. The maximum absolute atomic E-state index is 12.4. The average molecular weight is 271 g/mol. The van der Waals surface area contributed by atoms with Crippen LogP contribution in [0, 0.1) is 6.92 Å². The van der Waals surface area contributed by atoms with Gasteiger partial charge >= 0.3 is 5.97 Å². The number of hydrogen-bond donors (Lipinski definition) is 1. The van der Waals surface area contributed by atoms with Crippen LogP contribution in [0.3, 0.4) is 0 Å². The van der Waals surface area contributed by atoms with Crippen LogP contribution in [0.2, 0.25) is 0 Å². The molecule has 3 rings (SSSR count). The molecule has 5 heteroatoms. The molecular weight excluding hydrogens is 258 g/mol. The van der Waals surface area contributed by atoms with Gasteiger partial charge in [-0.25, -0.2) is 0 Å². The van der Waals surface area contributed by atoms with Crippen LogP contribution < -0.4 is 9.47 Å². The summed E-state index contributed by atoms with van der Waals surface area (Å²) < 4.78 is 10.2. The monoisotopic (exact) mass is 271 g/mol. The molecule has 1 aliphatic heterocycles. The van der Waals surface area contributed by atoms with E-state index in [4.69, 9.17) is 9.47 Å². The largest absolute Gasteiger partial charge is 0.497 e. The van der Waals surface area contributed by atoms with Gasteiger partial charge in [-0.3, -0.25) is 9.59 Å². The highest BCUT2D eigenvalue weighted by molar-refractivity contribution is 6.09. The van der Waals surface area contributed by atoms with Gasteiger partial charge in [0.15, 0.2) is 5.75 Å². The summed E-state index contributed by atoms with van der Waals surface area (Å²) in [6.45, 7) is 1.77. The molecule has 0 radical (unpaired) electrons. The van der Waals surface area contributed by atoms with Crippen molar-refractivity contribution < 1.29 is 19.1 Å². The lowest BCUT2D eigenvalue weighted by atomic mass is 10.1. The van der Waals surface area contributed by atoms with Crippen molar-refractivity contribution in [3.8, 4) is 11.5 Å². The molecule has 102 valence electrons. The smallest absolute Gasteiger partial charge is 0.317 e. The van der Waals surface area contributed by atoms with Crippen molar-refractivity contribution in [2.75, 3.05) is 7.11 Å².